The number of para-hydroxylation sites is 1. The van der Waals surface area contributed by atoms with Crippen LogP contribution in [0.5, 0.6) is 5.75 Å². The van der Waals surface area contributed by atoms with E-state index in [9.17, 15) is 9.59 Å². The molecular formula is C15H14N2O4S. The number of nitrogens with zero attached hydrogens (tertiary/aromatic N) is 1. The Bertz CT molecular complexity index is 713. The number of carboxylic acids is 1. The molecule has 1 aliphatic rings. The average Bonchev–Trinajstić information content (AvgIpc) is 3.01. The third-order valence-corrected chi connectivity index (χ3v) is 4.28. The molecule has 0 bridgehead atoms. The van der Waals surface area contributed by atoms with Crippen LogP contribution in [-0.2, 0) is 17.8 Å². The van der Waals surface area contributed by atoms with Gasteiger partial charge in [0.2, 0.25) is 5.91 Å². The molecule has 2 aromatic rings. The first kappa shape index (κ1) is 14.5. The molecule has 0 saturated carbocycles. The van der Waals surface area contributed by atoms with E-state index in [0.717, 1.165) is 11.3 Å². The van der Waals surface area contributed by atoms with E-state index in [1.807, 2.05) is 24.3 Å². The molecule has 1 aromatic carbocycles. The zero-order chi connectivity index (χ0) is 15.5. The molecule has 6 nitrogen and oxygen atoms in total. The number of carbonyl (C=O) groups excluding carboxylic acids is 1. The molecule has 7 heteroatoms. The van der Waals surface area contributed by atoms with Gasteiger partial charge in [-0.1, -0.05) is 18.2 Å². The molecule has 0 unspecified atom stereocenters. The monoisotopic (exact) mass is 318 g/mol. The molecule has 0 fully saturated rings. The Kier molecular flexibility index (Phi) is 4.06. The predicted octanol–water partition coefficient (Wildman–Crippen LogP) is 1.71. The summed E-state index contributed by atoms with van der Waals surface area (Å²) in [5.74, 6) is -0.584. The van der Waals surface area contributed by atoms with Crippen molar-refractivity contribution in [1.82, 2.24) is 10.3 Å². The van der Waals surface area contributed by atoms with Crippen LogP contribution in [0.2, 0.25) is 0 Å². The first-order valence-electron chi connectivity index (χ1n) is 6.79. The Balaban J connectivity index is 1.57. The molecule has 3 rings (SSSR count). The van der Waals surface area contributed by atoms with Gasteiger partial charge in [-0.15, -0.1) is 11.3 Å². The number of carbonyl (C=O) groups is 2. The second-order valence-corrected chi connectivity index (χ2v) is 5.91. The maximum absolute atomic E-state index is 12.2. The van der Waals surface area contributed by atoms with E-state index in [0.29, 0.717) is 18.0 Å². The second kappa shape index (κ2) is 6.15. The molecular weight excluding hydrogens is 304 g/mol. The van der Waals surface area contributed by atoms with Gasteiger partial charge in [-0.25, -0.2) is 9.78 Å². The molecule has 0 spiro atoms. The number of hydrogen-bond donors (Lipinski definition) is 2. The van der Waals surface area contributed by atoms with E-state index in [4.69, 9.17) is 9.84 Å². The van der Waals surface area contributed by atoms with Crippen LogP contribution in [0.4, 0.5) is 0 Å². The van der Waals surface area contributed by atoms with E-state index < -0.39 is 5.97 Å². The molecule has 1 amide bonds. The van der Waals surface area contributed by atoms with E-state index in [1.165, 1.54) is 16.7 Å². The second-order valence-electron chi connectivity index (χ2n) is 4.97. The normalized spacial score (nSPS) is 16.5. The molecule has 114 valence electrons. The zero-order valence-electron chi connectivity index (χ0n) is 11.6. The highest BCUT2D eigenvalue weighted by atomic mass is 32.1. The number of hydrogen-bond acceptors (Lipinski definition) is 5. The quantitative estimate of drug-likeness (QED) is 0.896. The first-order valence-corrected chi connectivity index (χ1v) is 7.67. The van der Waals surface area contributed by atoms with Gasteiger partial charge in [0.15, 0.2) is 5.69 Å². The lowest BCUT2D eigenvalue weighted by atomic mass is 9.96. The van der Waals surface area contributed by atoms with Gasteiger partial charge < -0.3 is 15.2 Å². The number of aromatic nitrogens is 1. The van der Waals surface area contributed by atoms with Crippen molar-refractivity contribution < 1.29 is 19.4 Å². The summed E-state index contributed by atoms with van der Waals surface area (Å²) in [7, 11) is 0. The zero-order valence-corrected chi connectivity index (χ0v) is 12.4. The highest BCUT2D eigenvalue weighted by Gasteiger charge is 2.25. The third kappa shape index (κ3) is 3.09. The summed E-state index contributed by atoms with van der Waals surface area (Å²) in [5, 5.41) is 13.6. The lowest BCUT2D eigenvalue weighted by molar-refractivity contribution is -0.126. The number of fused-ring (bicyclic) bond motifs is 1. The molecule has 2 N–H and O–H groups in total. The Morgan fingerprint density at radius 2 is 2.23 bits per heavy atom. The number of nitrogens with one attached hydrogen (secondary N) is 1. The van der Waals surface area contributed by atoms with Crippen LogP contribution in [0.1, 0.15) is 21.1 Å². The molecule has 0 radical (unpaired) electrons. The smallest absolute Gasteiger partial charge is 0.355 e. The molecule has 0 saturated heterocycles. The van der Waals surface area contributed by atoms with Crippen molar-refractivity contribution in [3.05, 3.63) is 45.9 Å². The fraction of sp³-hybridized carbons (Fsp3) is 0.267. The van der Waals surface area contributed by atoms with Crippen molar-refractivity contribution in [2.45, 2.75) is 13.0 Å². The third-order valence-electron chi connectivity index (χ3n) is 3.43. The number of amides is 1. The van der Waals surface area contributed by atoms with Crippen LogP contribution < -0.4 is 10.1 Å². The van der Waals surface area contributed by atoms with Gasteiger partial charge in [0.05, 0.1) is 12.5 Å². The Hall–Kier alpha value is -2.41. The fourth-order valence-corrected chi connectivity index (χ4v) is 3.00. The molecule has 1 aliphatic heterocycles. The van der Waals surface area contributed by atoms with Gasteiger partial charge in [0.25, 0.3) is 0 Å². The van der Waals surface area contributed by atoms with Crippen LogP contribution in [0.15, 0.2) is 29.6 Å². The summed E-state index contributed by atoms with van der Waals surface area (Å²) in [6.45, 7) is 0.579. The minimum Gasteiger partial charge on any atom is -0.492 e. The molecule has 0 aliphatic carbocycles. The lowest BCUT2D eigenvalue weighted by Gasteiger charge is -2.24. The average molecular weight is 318 g/mol. The van der Waals surface area contributed by atoms with Gasteiger partial charge in [-0.3, -0.25) is 4.79 Å². The van der Waals surface area contributed by atoms with E-state index in [2.05, 4.69) is 10.3 Å². The Labute approximate surface area is 130 Å². The van der Waals surface area contributed by atoms with Crippen molar-refractivity contribution in [1.29, 1.82) is 0 Å². The van der Waals surface area contributed by atoms with Crippen LogP contribution in [0.3, 0.4) is 0 Å². The number of benzene rings is 1. The maximum atomic E-state index is 12.2. The molecule has 2 heterocycles. The number of thiazole rings is 1. The minimum atomic E-state index is -1.06. The van der Waals surface area contributed by atoms with Crippen LogP contribution in [0, 0.1) is 5.92 Å². The SMILES string of the molecule is O=C(O)c1csc(CNC(=O)[C@@H]2COc3ccccc3C2)n1. The van der Waals surface area contributed by atoms with Gasteiger partial charge in [0.1, 0.15) is 17.4 Å². The van der Waals surface area contributed by atoms with E-state index in [-0.39, 0.29) is 24.1 Å². The highest BCUT2D eigenvalue weighted by molar-refractivity contribution is 7.09. The van der Waals surface area contributed by atoms with Crippen LogP contribution in [0.25, 0.3) is 0 Å². The van der Waals surface area contributed by atoms with Gasteiger partial charge in [0, 0.05) is 5.38 Å². The van der Waals surface area contributed by atoms with Gasteiger partial charge in [-0.2, -0.15) is 0 Å². The van der Waals surface area contributed by atoms with Crippen molar-refractivity contribution >= 4 is 23.2 Å². The number of carboxylic acid groups (broad SMARTS) is 1. The van der Waals surface area contributed by atoms with Crippen molar-refractivity contribution in [2.75, 3.05) is 6.61 Å². The van der Waals surface area contributed by atoms with Crippen LogP contribution >= 0.6 is 11.3 Å². The molecule has 1 atom stereocenters. The first-order chi connectivity index (χ1) is 10.6. The van der Waals surface area contributed by atoms with Gasteiger partial charge >= 0.3 is 5.97 Å². The van der Waals surface area contributed by atoms with E-state index in [1.54, 1.807) is 0 Å². The predicted molar refractivity (Wildman–Crippen MR) is 80.1 cm³/mol. The number of aromatic carboxylic acids is 1. The summed E-state index contributed by atoms with van der Waals surface area (Å²) in [6.07, 6.45) is 0.639. The lowest BCUT2D eigenvalue weighted by Crippen LogP contribution is -2.37. The topological polar surface area (TPSA) is 88.5 Å². The Morgan fingerprint density at radius 3 is 3.00 bits per heavy atom. The summed E-state index contributed by atoms with van der Waals surface area (Å²) < 4.78 is 5.59. The van der Waals surface area contributed by atoms with E-state index >= 15 is 0 Å². The summed E-state index contributed by atoms with van der Waals surface area (Å²) in [6, 6.07) is 7.67. The fourth-order valence-electron chi connectivity index (χ4n) is 2.29. The highest BCUT2D eigenvalue weighted by Crippen LogP contribution is 2.26. The van der Waals surface area contributed by atoms with Crippen molar-refractivity contribution in [3.8, 4) is 5.75 Å². The summed E-state index contributed by atoms with van der Waals surface area (Å²) in [4.78, 5) is 26.9. The maximum Gasteiger partial charge on any atom is 0.355 e. The largest absolute Gasteiger partial charge is 0.492 e. The van der Waals surface area contributed by atoms with Crippen LogP contribution in [-0.4, -0.2) is 28.6 Å². The standard InChI is InChI=1S/C15H14N2O4S/c18-14(16-6-13-17-11(8-22-13)15(19)20)10-5-9-3-1-2-4-12(9)21-7-10/h1-4,8,10H,5-7H2,(H,16,18)(H,19,20)/t10-/m0/s1. The number of rotatable bonds is 4. The molecule has 22 heavy (non-hydrogen) atoms. The summed E-state index contributed by atoms with van der Waals surface area (Å²) in [5.41, 5.74) is 1.03. The summed E-state index contributed by atoms with van der Waals surface area (Å²) >= 11 is 1.22. The minimum absolute atomic E-state index is 0.00387. The van der Waals surface area contributed by atoms with Crippen molar-refractivity contribution in [2.24, 2.45) is 5.92 Å². The Morgan fingerprint density at radius 1 is 1.41 bits per heavy atom. The number of ether oxygens (including phenoxy) is 1. The molecule has 1 aromatic heterocycles. The van der Waals surface area contributed by atoms with Crippen molar-refractivity contribution in [3.63, 3.8) is 0 Å². The van der Waals surface area contributed by atoms with Gasteiger partial charge in [-0.05, 0) is 18.1 Å².